The molecule has 0 amide bonds. The Bertz CT molecular complexity index is 528. The predicted octanol–water partition coefficient (Wildman–Crippen LogP) is 4.19. The van der Waals surface area contributed by atoms with E-state index < -0.39 is 5.60 Å². The molecule has 23 heavy (non-hydrogen) atoms. The first-order valence-corrected chi connectivity index (χ1v) is 8.78. The van der Waals surface area contributed by atoms with Gasteiger partial charge in [0, 0.05) is 6.42 Å². The number of quaternary nitrogens is 1. The maximum absolute atomic E-state index is 11.6. The van der Waals surface area contributed by atoms with Crippen molar-refractivity contribution in [2.75, 3.05) is 26.2 Å². The van der Waals surface area contributed by atoms with E-state index in [2.05, 4.69) is 20.8 Å². The zero-order chi connectivity index (χ0) is 16.8. The first kappa shape index (κ1) is 17.7. The van der Waals surface area contributed by atoms with Gasteiger partial charge in [-0.3, -0.25) is 0 Å². The van der Waals surface area contributed by atoms with Crippen LogP contribution in [0, 0.1) is 0 Å². The molecule has 124 valence electrons. The Balaban J connectivity index is 2.36. The highest BCUT2D eigenvalue weighted by atomic mass is 16.3. The summed E-state index contributed by atoms with van der Waals surface area (Å²) < 4.78 is 1.04. The van der Waals surface area contributed by atoms with Crippen LogP contribution in [0.1, 0.15) is 38.3 Å². The second kappa shape index (κ2) is 7.76. The highest BCUT2D eigenvalue weighted by molar-refractivity contribution is 5.35. The summed E-state index contributed by atoms with van der Waals surface area (Å²) in [5, 5.41) is 11.6. The summed E-state index contributed by atoms with van der Waals surface area (Å²) >= 11 is 0. The van der Waals surface area contributed by atoms with Crippen molar-refractivity contribution in [1.29, 1.82) is 0 Å². The third-order valence-electron chi connectivity index (χ3n) is 5.46. The SMILES string of the molecule is CC[N+](CC)(CC)CCC(O)(c1ccccc1)c1ccccc1. The van der Waals surface area contributed by atoms with E-state index in [-0.39, 0.29) is 0 Å². The molecule has 0 unspecified atom stereocenters. The summed E-state index contributed by atoms with van der Waals surface area (Å²) in [4.78, 5) is 0. The Morgan fingerprint density at radius 2 is 1.13 bits per heavy atom. The molecule has 2 aromatic rings. The molecule has 1 N–H and O–H groups in total. The van der Waals surface area contributed by atoms with Gasteiger partial charge in [0.15, 0.2) is 0 Å². The van der Waals surface area contributed by atoms with Crippen molar-refractivity contribution in [3.8, 4) is 0 Å². The Morgan fingerprint density at radius 1 is 0.739 bits per heavy atom. The average Bonchev–Trinajstić information content (AvgIpc) is 2.64. The summed E-state index contributed by atoms with van der Waals surface area (Å²) in [5.74, 6) is 0. The molecule has 2 aromatic carbocycles. The van der Waals surface area contributed by atoms with Crippen LogP contribution in [-0.2, 0) is 5.60 Å². The molecule has 0 aliphatic carbocycles. The van der Waals surface area contributed by atoms with Gasteiger partial charge in [0.1, 0.15) is 5.60 Å². The number of rotatable bonds is 8. The van der Waals surface area contributed by atoms with Crippen LogP contribution < -0.4 is 0 Å². The topological polar surface area (TPSA) is 20.2 Å². The van der Waals surface area contributed by atoms with Crippen molar-refractivity contribution in [2.45, 2.75) is 32.8 Å². The average molecular weight is 312 g/mol. The van der Waals surface area contributed by atoms with Gasteiger partial charge in [-0.15, -0.1) is 0 Å². The van der Waals surface area contributed by atoms with Crippen molar-refractivity contribution in [1.82, 2.24) is 0 Å². The van der Waals surface area contributed by atoms with Gasteiger partial charge in [-0.2, -0.15) is 0 Å². The van der Waals surface area contributed by atoms with Crippen LogP contribution in [0.15, 0.2) is 60.7 Å². The first-order valence-electron chi connectivity index (χ1n) is 8.78. The smallest absolute Gasteiger partial charge is 0.120 e. The molecule has 0 aliphatic rings. The summed E-state index contributed by atoms with van der Waals surface area (Å²) in [6.45, 7) is 11.0. The Labute approximate surface area is 141 Å². The van der Waals surface area contributed by atoms with Crippen molar-refractivity contribution < 1.29 is 9.59 Å². The summed E-state index contributed by atoms with van der Waals surface area (Å²) in [6.07, 6.45) is 0.733. The van der Waals surface area contributed by atoms with E-state index in [1.165, 1.54) is 0 Å². The van der Waals surface area contributed by atoms with Gasteiger partial charge < -0.3 is 9.59 Å². The van der Waals surface area contributed by atoms with E-state index in [4.69, 9.17) is 0 Å². The van der Waals surface area contributed by atoms with Crippen LogP contribution in [0.2, 0.25) is 0 Å². The van der Waals surface area contributed by atoms with Gasteiger partial charge in [-0.05, 0) is 31.9 Å². The molecule has 0 heterocycles. The second-order valence-corrected chi connectivity index (χ2v) is 6.36. The number of nitrogens with zero attached hydrogens (tertiary/aromatic N) is 1. The fourth-order valence-electron chi connectivity index (χ4n) is 3.43. The van der Waals surface area contributed by atoms with Crippen LogP contribution >= 0.6 is 0 Å². The minimum atomic E-state index is -0.925. The molecule has 0 aromatic heterocycles. The largest absolute Gasteiger partial charge is 0.380 e. The molecule has 0 aliphatic heterocycles. The van der Waals surface area contributed by atoms with E-state index in [0.29, 0.717) is 0 Å². The van der Waals surface area contributed by atoms with Gasteiger partial charge in [0.25, 0.3) is 0 Å². The second-order valence-electron chi connectivity index (χ2n) is 6.36. The predicted molar refractivity (Wildman–Crippen MR) is 97.3 cm³/mol. The molecule has 2 rings (SSSR count). The van der Waals surface area contributed by atoms with E-state index in [0.717, 1.165) is 48.2 Å². The quantitative estimate of drug-likeness (QED) is 0.725. The lowest BCUT2D eigenvalue weighted by Crippen LogP contribution is -2.50. The van der Waals surface area contributed by atoms with Gasteiger partial charge in [0.2, 0.25) is 0 Å². The fourth-order valence-corrected chi connectivity index (χ4v) is 3.43. The van der Waals surface area contributed by atoms with Crippen molar-refractivity contribution in [3.63, 3.8) is 0 Å². The lowest BCUT2D eigenvalue weighted by atomic mass is 9.83. The number of benzene rings is 2. The Kier molecular flexibility index (Phi) is 5.97. The van der Waals surface area contributed by atoms with Crippen LogP contribution in [0.4, 0.5) is 0 Å². The van der Waals surface area contributed by atoms with E-state index in [9.17, 15) is 5.11 Å². The normalized spacial score (nSPS) is 12.3. The van der Waals surface area contributed by atoms with Gasteiger partial charge in [-0.1, -0.05) is 60.7 Å². The first-order chi connectivity index (χ1) is 11.1. The van der Waals surface area contributed by atoms with Crippen LogP contribution in [-0.4, -0.2) is 35.8 Å². The van der Waals surface area contributed by atoms with Crippen molar-refractivity contribution in [3.05, 3.63) is 71.8 Å². The van der Waals surface area contributed by atoms with Gasteiger partial charge >= 0.3 is 0 Å². The zero-order valence-electron chi connectivity index (χ0n) is 14.7. The molecule has 0 fully saturated rings. The fraction of sp³-hybridized carbons (Fsp3) is 0.429. The third kappa shape index (κ3) is 3.82. The van der Waals surface area contributed by atoms with Crippen LogP contribution in [0.25, 0.3) is 0 Å². The third-order valence-corrected chi connectivity index (χ3v) is 5.46. The monoisotopic (exact) mass is 312 g/mol. The summed E-state index contributed by atoms with van der Waals surface area (Å²) in [5.41, 5.74) is 1.03. The molecular formula is C21H30NO+. The van der Waals surface area contributed by atoms with Gasteiger partial charge in [0.05, 0.1) is 26.2 Å². The minimum absolute atomic E-state index is 0.733. The molecule has 2 nitrogen and oxygen atoms in total. The molecule has 0 atom stereocenters. The standard InChI is InChI=1S/C21H30NO/c1-4-22(5-2,6-3)18-17-21(23,19-13-9-7-10-14-19)20-15-11-8-12-16-20/h7-16,23H,4-6,17-18H2,1-3H3/q+1. The zero-order valence-corrected chi connectivity index (χ0v) is 14.7. The molecule has 0 radical (unpaired) electrons. The number of hydrogen-bond donors (Lipinski definition) is 1. The van der Waals surface area contributed by atoms with E-state index >= 15 is 0 Å². The number of aliphatic hydroxyl groups is 1. The highest BCUT2D eigenvalue weighted by Gasteiger charge is 2.34. The van der Waals surface area contributed by atoms with Crippen LogP contribution in [0.5, 0.6) is 0 Å². The highest BCUT2D eigenvalue weighted by Crippen LogP contribution is 2.33. The molecule has 2 heteroatoms. The van der Waals surface area contributed by atoms with Gasteiger partial charge in [-0.25, -0.2) is 0 Å². The lowest BCUT2D eigenvalue weighted by molar-refractivity contribution is -0.924. The van der Waals surface area contributed by atoms with E-state index in [1.807, 2.05) is 60.7 Å². The molecular weight excluding hydrogens is 282 g/mol. The lowest BCUT2D eigenvalue weighted by Gasteiger charge is -2.39. The van der Waals surface area contributed by atoms with E-state index in [1.54, 1.807) is 0 Å². The van der Waals surface area contributed by atoms with Crippen LogP contribution in [0.3, 0.4) is 0 Å². The molecule has 0 saturated heterocycles. The Morgan fingerprint density at radius 3 is 1.48 bits per heavy atom. The Hall–Kier alpha value is -1.64. The minimum Gasteiger partial charge on any atom is -0.380 e. The van der Waals surface area contributed by atoms with Crippen molar-refractivity contribution >= 4 is 0 Å². The summed E-state index contributed by atoms with van der Waals surface area (Å²) in [6, 6.07) is 20.2. The molecule has 0 saturated carbocycles. The molecule has 0 bridgehead atoms. The number of hydrogen-bond acceptors (Lipinski definition) is 1. The maximum atomic E-state index is 11.6. The summed E-state index contributed by atoms with van der Waals surface area (Å²) in [7, 11) is 0. The maximum Gasteiger partial charge on any atom is 0.120 e. The molecule has 0 spiro atoms. The van der Waals surface area contributed by atoms with Crippen molar-refractivity contribution in [2.24, 2.45) is 0 Å².